The summed E-state index contributed by atoms with van der Waals surface area (Å²) in [6, 6.07) is -0.0501. The van der Waals surface area contributed by atoms with E-state index >= 15 is 0 Å². The van der Waals surface area contributed by atoms with Gasteiger partial charge in [0, 0.05) is 25.1 Å². The smallest absolute Gasteiger partial charge is 0.0857 e. The molecule has 2 aromatic heterocycles. The van der Waals surface area contributed by atoms with Gasteiger partial charge in [-0.25, -0.2) is 0 Å². The number of aromatic nitrogens is 5. The lowest BCUT2D eigenvalue weighted by molar-refractivity contribution is 0.512. The molecule has 0 amide bonds. The summed E-state index contributed by atoms with van der Waals surface area (Å²) in [6.45, 7) is 6.34. The van der Waals surface area contributed by atoms with Crippen molar-refractivity contribution in [2.45, 2.75) is 38.6 Å². The van der Waals surface area contributed by atoms with Gasteiger partial charge in [0.25, 0.3) is 0 Å². The van der Waals surface area contributed by atoms with Crippen LogP contribution >= 0.6 is 11.5 Å². The van der Waals surface area contributed by atoms with E-state index in [1.165, 1.54) is 11.5 Å². The first kappa shape index (κ1) is 14.0. The molecule has 0 fully saturated rings. The Balaban J connectivity index is 2.25. The van der Waals surface area contributed by atoms with Gasteiger partial charge in [0.1, 0.15) is 0 Å². The van der Waals surface area contributed by atoms with Gasteiger partial charge in [0.15, 0.2) is 0 Å². The number of nitrogens with zero attached hydrogens (tertiary/aromatic N) is 5. The minimum Gasteiger partial charge on any atom is -0.271 e. The van der Waals surface area contributed by atoms with Crippen LogP contribution in [0.3, 0.4) is 0 Å². The third kappa shape index (κ3) is 3.14. The number of nitrogens with one attached hydrogen (secondary N) is 1. The zero-order chi connectivity index (χ0) is 14.0. The Kier molecular flexibility index (Phi) is 3.93. The second-order valence-electron chi connectivity index (χ2n) is 5.54. The maximum Gasteiger partial charge on any atom is 0.0857 e. The van der Waals surface area contributed by atoms with Gasteiger partial charge in [0.2, 0.25) is 0 Å². The average molecular weight is 281 g/mol. The van der Waals surface area contributed by atoms with E-state index in [1.807, 2.05) is 13.2 Å². The molecule has 2 aromatic rings. The highest BCUT2D eigenvalue weighted by molar-refractivity contribution is 7.05. The number of hydrogen-bond acceptors (Lipinski definition) is 7. The van der Waals surface area contributed by atoms with Crippen molar-refractivity contribution in [3.63, 3.8) is 0 Å². The zero-order valence-electron chi connectivity index (χ0n) is 11.6. The Morgan fingerprint density at radius 2 is 2.16 bits per heavy atom. The molecular formula is C11H19N7S. The quantitative estimate of drug-likeness (QED) is 0.633. The molecule has 3 N–H and O–H groups in total. The van der Waals surface area contributed by atoms with Crippen LogP contribution in [-0.2, 0) is 18.9 Å². The minimum absolute atomic E-state index is 0.0501. The summed E-state index contributed by atoms with van der Waals surface area (Å²) in [6.07, 6.45) is 2.55. The summed E-state index contributed by atoms with van der Waals surface area (Å²) >= 11 is 1.38. The second-order valence-corrected chi connectivity index (χ2v) is 6.33. The van der Waals surface area contributed by atoms with Crippen molar-refractivity contribution >= 4 is 11.5 Å². The Labute approximate surface area is 116 Å². The fourth-order valence-electron chi connectivity index (χ4n) is 1.87. The van der Waals surface area contributed by atoms with Crippen LogP contribution in [0.2, 0.25) is 0 Å². The molecule has 0 saturated heterocycles. The van der Waals surface area contributed by atoms with Crippen molar-refractivity contribution in [2.75, 3.05) is 0 Å². The van der Waals surface area contributed by atoms with Gasteiger partial charge >= 0.3 is 0 Å². The first-order valence-corrected chi connectivity index (χ1v) is 6.83. The molecule has 1 atom stereocenters. The van der Waals surface area contributed by atoms with Crippen LogP contribution in [0.25, 0.3) is 0 Å². The summed E-state index contributed by atoms with van der Waals surface area (Å²) in [5, 5.41) is 12.2. The largest absolute Gasteiger partial charge is 0.271 e. The van der Waals surface area contributed by atoms with Gasteiger partial charge in [-0.2, -0.15) is 0 Å². The fraction of sp³-hybridized carbons (Fsp3) is 0.636. The van der Waals surface area contributed by atoms with E-state index in [-0.39, 0.29) is 11.5 Å². The van der Waals surface area contributed by atoms with Gasteiger partial charge in [-0.15, -0.1) is 10.2 Å². The maximum atomic E-state index is 5.68. The van der Waals surface area contributed by atoms with E-state index < -0.39 is 0 Å². The number of rotatable bonds is 4. The highest BCUT2D eigenvalue weighted by atomic mass is 32.1. The lowest BCUT2D eigenvalue weighted by Crippen LogP contribution is -2.31. The molecule has 1 unspecified atom stereocenters. The van der Waals surface area contributed by atoms with Gasteiger partial charge in [-0.3, -0.25) is 16.0 Å². The molecule has 19 heavy (non-hydrogen) atoms. The lowest BCUT2D eigenvalue weighted by Gasteiger charge is -2.20. The van der Waals surface area contributed by atoms with Crippen LogP contribution in [0, 0.1) is 0 Å². The number of nitrogens with two attached hydrogens (primary N) is 1. The van der Waals surface area contributed by atoms with Crippen LogP contribution in [0.4, 0.5) is 0 Å². The molecular weight excluding hydrogens is 262 g/mol. The van der Waals surface area contributed by atoms with Crippen LogP contribution < -0.4 is 11.3 Å². The molecule has 0 aliphatic carbocycles. The minimum atomic E-state index is -0.0558. The predicted octanol–water partition coefficient (Wildman–Crippen LogP) is 0.711. The van der Waals surface area contributed by atoms with Crippen molar-refractivity contribution in [2.24, 2.45) is 12.9 Å². The molecule has 0 spiro atoms. The number of hydrazine groups is 1. The van der Waals surface area contributed by atoms with E-state index in [1.54, 1.807) is 4.68 Å². The molecule has 104 valence electrons. The first-order chi connectivity index (χ1) is 8.91. The third-order valence-corrected chi connectivity index (χ3v) is 3.64. The molecule has 8 heteroatoms. The lowest BCUT2D eigenvalue weighted by atomic mass is 9.89. The van der Waals surface area contributed by atoms with E-state index in [0.717, 1.165) is 16.3 Å². The third-order valence-electron chi connectivity index (χ3n) is 2.80. The monoisotopic (exact) mass is 281 g/mol. The Morgan fingerprint density at radius 3 is 2.68 bits per heavy atom. The van der Waals surface area contributed by atoms with Crippen molar-refractivity contribution in [1.29, 1.82) is 0 Å². The average Bonchev–Trinajstić information content (AvgIpc) is 2.93. The van der Waals surface area contributed by atoms with Crippen molar-refractivity contribution in [3.8, 4) is 0 Å². The van der Waals surface area contributed by atoms with Crippen LogP contribution in [0.5, 0.6) is 0 Å². The molecule has 7 nitrogen and oxygen atoms in total. The molecule has 0 aliphatic heterocycles. The van der Waals surface area contributed by atoms with Crippen LogP contribution in [0.1, 0.15) is 43.1 Å². The van der Waals surface area contributed by atoms with E-state index in [2.05, 4.69) is 46.1 Å². The number of aryl methyl sites for hydroxylation is 1. The van der Waals surface area contributed by atoms with Crippen molar-refractivity contribution in [3.05, 3.63) is 22.5 Å². The molecule has 0 radical (unpaired) electrons. The summed E-state index contributed by atoms with van der Waals surface area (Å²) in [5.74, 6) is 5.68. The predicted molar refractivity (Wildman–Crippen MR) is 73.4 cm³/mol. The van der Waals surface area contributed by atoms with Gasteiger partial charge < -0.3 is 0 Å². The SMILES string of the molecule is Cn1cc(CC(NN)c2snnc2C(C)(C)C)nn1. The fourth-order valence-corrected chi connectivity index (χ4v) is 2.79. The first-order valence-electron chi connectivity index (χ1n) is 6.06. The molecule has 0 aliphatic rings. The Morgan fingerprint density at radius 1 is 1.42 bits per heavy atom. The van der Waals surface area contributed by atoms with Crippen molar-refractivity contribution < 1.29 is 0 Å². The van der Waals surface area contributed by atoms with E-state index in [4.69, 9.17) is 5.84 Å². The van der Waals surface area contributed by atoms with E-state index in [9.17, 15) is 0 Å². The molecule has 2 rings (SSSR count). The van der Waals surface area contributed by atoms with Gasteiger partial charge in [-0.05, 0) is 11.5 Å². The second kappa shape index (κ2) is 5.32. The van der Waals surface area contributed by atoms with Crippen molar-refractivity contribution in [1.82, 2.24) is 30.0 Å². The maximum absolute atomic E-state index is 5.68. The van der Waals surface area contributed by atoms with Crippen LogP contribution in [0.15, 0.2) is 6.20 Å². The molecule has 0 bridgehead atoms. The molecule has 2 heterocycles. The van der Waals surface area contributed by atoms with Crippen LogP contribution in [-0.4, -0.2) is 24.6 Å². The topological polar surface area (TPSA) is 94.5 Å². The summed E-state index contributed by atoms with van der Waals surface area (Å²) in [7, 11) is 1.84. The highest BCUT2D eigenvalue weighted by Crippen LogP contribution is 2.31. The summed E-state index contributed by atoms with van der Waals surface area (Å²) in [5.41, 5.74) is 4.64. The summed E-state index contributed by atoms with van der Waals surface area (Å²) < 4.78 is 5.74. The zero-order valence-corrected chi connectivity index (χ0v) is 12.4. The van der Waals surface area contributed by atoms with Gasteiger partial charge in [0.05, 0.1) is 22.3 Å². The Bertz CT molecular complexity index is 539. The summed E-state index contributed by atoms with van der Waals surface area (Å²) in [4.78, 5) is 1.06. The normalized spacial score (nSPS) is 13.7. The molecule has 0 aromatic carbocycles. The molecule has 0 saturated carbocycles. The van der Waals surface area contributed by atoms with Gasteiger partial charge in [-0.1, -0.05) is 30.5 Å². The highest BCUT2D eigenvalue weighted by Gasteiger charge is 2.27. The standard InChI is InChI=1S/C11H19N7S/c1-11(2,3)10-9(19-17-15-10)8(13-12)5-7-6-18(4)16-14-7/h6,8,13H,5,12H2,1-4H3. The van der Waals surface area contributed by atoms with E-state index in [0.29, 0.717) is 6.42 Å². The Hall–Kier alpha value is -1.38. The number of hydrogen-bond donors (Lipinski definition) is 2.